The molecule has 0 saturated heterocycles. The summed E-state index contributed by atoms with van der Waals surface area (Å²) < 4.78 is 6.08. The van der Waals surface area contributed by atoms with E-state index in [1.54, 1.807) is 36.7 Å². The average molecular weight is 327 g/mol. The van der Waals surface area contributed by atoms with E-state index < -0.39 is 0 Å². The van der Waals surface area contributed by atoms with Crippen LogP contribution in [0.2, 0.25) is 0 Å². The van der Waals surface area contributed by atoms with Crippen LogP contribution < -0.4 is 0 Å². The molecule has 2 heterocycles. The fourth-order valence-electron chi connectivity index (χ4n) is 1.68. The molecule has 0 radical (unpaired) electrons. The molecular formula is C14H7BrN4O. The van der Waals surface area contributed by atoms with Gasteiger partial charge in [-0.2, -0.15) is 10.2 Å². The van der Waals surface area contributed by atoms with Crippen molar-refractivity contribution in [3.63, 3.8) is 0 Å². The van der Waals surface area contributed by atoms with Crippen molar-refractivity contribution in [2.75, 3.05) is 0 Å². The maximum atomic E-state index is 8.77. The summed E-state index contributed by atoms with van der Waals surface area (Å²) in [6, 6.07) is 10.9. The van der Waals surface area contributed by atoms with Crippen molar-refractivity contribution in [2.45, 2.75) is 0 Å². The Morgan fingerprint density at radius 3 is 2.60 bits per heavy atom. The number of aromatic nitrogens is 3. The molecule has 0 amide bonds. The van der Waals surface area contributed by atoms with E-state index in [1.165, 1.54) is 0 Å². The zero-order valence-corrected chi connectivity index (χ0v) is 11.7. The second-order valence-corrected chi connectivity index (χ2v) is 4.92. The molecule has 3 rings (SSSR count). The van der Waals surface area contributed by atoms with E-state index in [0.717, 1.165) is 15.6 Å². The predicted octanol–water partition coefficient (Wildman–Crippen LogP) is 3.43. The fraction of sp³-hybridized carbons (Fsp3) is 0. The van der Waals surface area contributed by atoms with Crippen molar-refractivity contribution in [2.24, 2.45) is 0 Å². The zero-order valence-electron chi connectivity index (χ0n) is 10.1. The first-order valence-corrected chi connectivity index (χ1v) is 6.51. The minimum absolute atomic E-state index is 0.407. The lowest BCUT2D eigenvalue weighted by Crippen LogP contribution is -1.83. The normalized spacial score (nSPS) is 10.2. The number of pyridine rings is 1. The van der Waals surface area contributed by atoms with Gasteiger partial charge in [-0.05, 0) is 46.3 Å². The Kier molecular flexibility index (Phi) is 3.27. The topological polar surface area (TPSA) is 75.6 Å². The van der Waals surface area contributed by atoms with E-state index in [0.29, 0.717) is 17.3 Å². The number of halogens is 1. The number of hydrogen-bond acceptors (Lipinski definition) is 5. The summed E-state index contributed by atoms with van der Waals surface area (Å²) >= 11 is 3.35. The molecule has 0 saturated carbocycles. The highest BCUT2D eigenvalue weighted by molar-refractivity contribution is 9.10. The zero-order chi connectivity index (χ0) is 13.9. The number of nitrogens with zero attached hydrogens (tertiary/aromatic N) is 4. The molecule has 0 aliphatic heterocycles. The fourth-order valence-corrected chi connectivity index (χ4v) is 2.04. The highest BCUT2D eigenvalue weighted by Crippen LogP contribution is 2.23. The summed E-state index contributed by atoms with van der Waals surface area (Å²) in [5.41, 5.74) is 2.12. The lowest BCUT2D eigenvalue weighted by atomic mass is 10.1. The molecule has 0 fully saturated rings. The predicted molar refractivity (Wildman–Crippen MR) is 75.4 cm³/mol. The quantitative estimate of drug-likeness (QED) is 0.721. The van der Waals surface area contributed by atoms with E-state index >= 15 is 0 Å². The first-order valence-electron chi connectivity index (χ1n) is 5.71. The smallest absolute Gasteiger partial charge is 0.258 e. The maximum Gasteiger partial charge on any atom is 0.258 e. The van der Waals surface area contributed by atoms with E-state index in [4.69, 9.17) is 9.78 Å². The second-order valence-electron chi connectivity index (χ2n) is 4.00. The summed E-state index contributed by atoms with van der Waals surface area (Å²) in [6.07, 6.45) is 3.35. The Bertz CT molecular complexity index is 789. The molecule has 0 unspecified atom stereocenters. The summed E-state index contributed by atoms with van der Waals surface area (Å²) in [6.45, 7) is 0. The van der Waals surface area contributed by atoms with Gasteiger partial charge >= 0.3 is 0 Å². The van der Waals surface area contributed by atoms with Gasteiger partial charge in [0.25, 0.3) is 5.89 Å². The van der Waals surface area contributed by atoms with Crippen LogP contribution in [0.4, 0.5) is 0 Å². The van der Waals surface area contributed by atoms with Crippen LogP contribution in [0, 0.1) is 11.3 Å². The average Bonchev–Trinajstić information content (AvgIpc) is 2.97. The third kappa shape index (κ3) is 2.44. The molecule has 0 atom stereocenters. The third-order valence-electron chi connectivity index (χ3n) is 2.65. The molecule has 6 heteroatoms. The standard InChI is InChI=1S/C14H7BrN4O/c15-12-5-11(7-17-8-12)13-18-14(20-19-13)10-3-1-9(6-16)2-4-10/h1-5,7-8H. The Labute approximate surface area is 123 Å². The number of rotatable bonds is 2. The van der Waals surface area contributed by atoms with Crippen molar-refractivity contribution in [3.05, 3.63) is 52.8 Å². The van der Waals surface area contributed by atoms with E-state index in [1.807, 2.05) is 6.07 Å². The largest absolute Gasteiger partial charge is 0.334 e. The van der Waals surface area contributed by atoms with Gasteiger partial charge in [0.2, 0.25) is 5.82 Å². The van der Waals surface area contributed by atoms with Crippen molar-refractivity contribution in [3.8, 4) is 28.9 Å². The Morgan fingerprint density at radius 2 is 1.90 bits per heavy atom. The first-order chi connectivity index (χ1) is 9.76. The summed E-state index contributed by atoms with van der Waals surface area (Å²) in [5, 5.41) is 12.7. The second kappa shape index (κ2) is 5.23. The van der Waals surface area contributed by atoms with Gasteiger partial charge in [0.1, 0.15) is 0 Å². The summed E-state index contributed by atoms with van der Waals surface area (Å²) in [5.74, 6) is 0.877. The SMILES string of the molecule is N#Cc1ccc(-c2nc(-c3cncc(Br)c3)no2)cc1. The molecule has 0 aliphatic carbocycles. The number of benzene rings is 1. The molecule has 20 heavy (non-hydrogen) atoms. The van der Waals surface area contributed by atoms with Crippen molar-refractivity contribution in [1.29, 1.82) is 5.26 Å². The molecule has 5 nitrogen and oxygen atoms in total. The molecule has 0 aliphatic rings. The van der Waals surface area contributed by atoms with Gasteiger partial charge in [-0.25, -0.2) is 0 Å². The van der Waals surface area contributed by atoms with Crippen LogP contribution in [0.5, 0.6) is 0 Å². The van der Waals surface area contributed by atoms with Gasteiger partial charge in [-0.1, -0.05) is 5.16 Å². The van der Waals surface area contributed by atoms with E-state index in [-0.39, 0.29) is 0 Å². The minimum Gasteiger partial charge on any atom is -0.334 e. The van der Waals surface area contributed by atoms with E-state index in [2.05, 4.69) is 37.1 Å². The number of nitriles is 1. The summed E-state index contributed by atoms with van der Waals surface area (Å²) in [7, 11) is 0. The Morgan fingerprint density at radius 1 is 1.10 bits per heavy atom. The van der Waals surface area contributed by atoms with Crippen molar-refractivity contribution < 1.29 is 4.52 Å². The van der Waals surface area contributed by atoms with Crippen LogP contribution in [0.3, 0.4) is 0 Å². The Hall–Kier alpha value is -2.52. The van der Waals surface area contributed by atoms with Crippen molar-refractivity contribution in [1.82, 2.24) is 15.1 Å². The molecule has 0 spiro atoms. The maximum absolute atomic E-state index is 8.77. The number of hydrogen-bond donors (Lipinski definition) is 0. The van der Waals surface area contributed by atoms with Gasteiger partial charge in [-0.15, -0.1) is 0 Å². The van der Waals surface area contributed by atoms with Gasteiger partial charge in [0.05, 0.1) is 11.6 Å². The Balaban J connectivity index is 1.95. The van der Waals surface area contributed by atoms with Crippen LogP contribution in [0.1, 0.15) is 5.56 Å². The van der Waals surface area contributed by atoms with Gasteiger partial charge in [0, 0.05) is 28.0 Å². The van der Waals surface area contributed by atoms with Gasteiger partial charge in [-0.3, -0.25) is 4.98 Å². The monoisotopic (exact) mass is 326 g/mol. The van der Waals surface area contributed by atoms with Gasteiger partial charge in [0.15, 0.2) is 0 Å². The lowest BCUT2D eigenvalue weighted by Gasteiger charge is -1.94. The van der Waals surface area contributed by atoms with Crippen LogP contribution >= 0.6 is 15.9 Å². The molecule has 2 aromatic heterocycles. The van der Waals surface area contributed by atoms with Crippen LogP contribution in [0.15, 0.2) is 51.7 Å². The van der Waals surface area contributed by atoms with Crippen LogP contribution in [0.25, 0.3) is 22.8 Å². The molecule has 3 aromatic rings. The molecular weight excluding hydrogens is 320 g/mol. The third-order valence-corrected chi connectivity index (χ3v) is 3.08. The van der Waals surface area contributed by atoms with E-state index in [9.17, 15) is 0 Å². The molecule has 96 valence electrons. The van der Waals surface area contributed by atoms with Gasteiger partial charge < -0.3 is 4.52 Å². The first kappa shape index (κ1) is 12.5. The highest BCUT2D eigenvalue weighted by atomic mass is 79.9. The highest BCUT2D eigenvalue weighted by Gasteiger charge is 2.11. The van der Waals surface area contributed by atoms with Crippen LogP contribution in [-0.4, -0.2) is 15.1 Å². The lowest BCUT2D eigenvalue weighted by molar-refractivity contribution is 0.432. The summed E-state index contributed by atoms with van der Waals surface area (Å²) in [4.78, 5) is 8.39. The minimum atomic E-state index is 0.407. The molecule has 0 bridgehead atoms. The molecule has 0 N–H and O–H groups in total. The molecule has 1 aromatic carbocycles. The van der Waals surface area contributed by atoms with Crippen LogP contribution in [-0.2, 0) is 0 Å². The van der Waals surface area contributed by atoms with Crippen molar-refractivity contribution >= 4 is 15.9 Å².